The van der Waals surface area contributed by atoms with Gasteiger partial charge in [-0.05, 0) is 18.2 Å². The molecule has 10 heteroatoms. The highest BCUT2D eigenvalue weighted by molar-refractivity contribution is 8.14. The SMILES string of the molecule is O=C(NC1=NCCS1)c1cc(S(=O)(=O)N2CCOCC2)ccc1F. The molecule has 2 aliphatic rings. The first-order valence-corrected chi connectivity index (χ1v) is 9.77. The number of morpholine rings is 1. The molecule has 1 aromatic rings. The molecule has 0 aliphatic carbocycles. The number of benzene rings is 1. The lowest BCUT2D eigenvalue weighted by Gasteiger charge is -2.26. The maximum atomic E-state index is 14.0. The molecule has 0 unspecified atom stereocenters. The fraction of sp³-hybridized carbons (Fsp3) is 0.429. The highest BCUT2D eigenvalue weighted by Crippen LogP contribution is 2.21. The van der Waals surface area contributed by atoms with Crippen molar-refractivity contribution in [1.29, 1.82) is 0 Å². The van der Waals surface area contributed by atoms with E-state index in [1.54, 1.807) is 0 Å². The highest BCUT2D eigenvalue weighted by Gasteiger charge is 2.28. The van der Waals surface area contributed by atoms with Crippen LogP contribution in [0.2, 0.25) is 0 Å². The first-order chi connectivity index (χ1) is 11.5. The van der Waals surface area contributed by atoms with E-state index in [0.717, 1.165) is 17.9 Å². The largest absolute Gasteiger partial charge is 0.379 e. The Kier molecular flexibility index (Phi) is 5.18. The minimum Gasteiger partial charge on any atom is -0.379 e. The van der Waals surface area contributed by atoms with Gasteiger partial charge in [-0.3, -0.25) is 9.79 Å². The van der Waals surface area contributed by atoms with E-state index in [4.69, 9.17) is 4.74 Å². The molecule has 2 aliphatic heterocycles. The summed E-state index contributed by atoms with van der Waals surface area (Å²) in [5, 5.41) is 2.92. The van der Waals surface area contributed by atoms with E-state index in [2.05, 4.69) is 10.3 Å². The first-order valence-electron chi connectivity index (χ1n) is 7.34. The van der Waals surface area contributed by atoms with Crippen molar-refractivity contribution in [1.82, 2.24) is 9.62 Å². The normalized spacial score (nSPS) is 19.1. The molecule has 7 nitrogen and oxygen atoms in total. The van der Waals surface area contributed by atoms with Gasteiger partial charge >= 0.3 is 0 Å². The van der Waals surface area contributed by atoms with Gasteiger partial charge in [0, 0.05) is 18.8 Å². The lowest BCUT2D eigenvalue weighted by atomic mass is 10.2. The van der Waals surface area contributed by atoms with Crippen LogP contribution in [-0.4, -0.2) is 62.4 Å². The number of sulfonamides is 1. The van der Waals surface area contributed by atoms with E-state index in [1.165, 1.54) is 22.1 Å². The Balaban J connectivity index is 1.86. The molecule has 1 fully saturated rings. The Morgan fingerprint density at radius 1 is 1.33 bits per heavy atom. The van der Waals surface area contributed by atoms with Crippen LogP contribution in [0.15, 0.2) is 28.1 Å². The van der Waals surface area contributed by atoms with Crippen LogP contribution < -0.4 is 5.32 Å². The van der Waals surface area contributed by atoms with Gasteiger partial charge in [0.25, 0.3) is 5.91 Å². The van der Waals surface area contributed by atoms with Crippen molar-refractivity contribution in [2.75, 3.05) is 38.6 Å². The number of hydrogen-bond acceptors (Lipinski definition) is 6. The van der Waals surface area contributed by atoms with Crippen molar-refractivity contribution in [2.24, 2.45) is 4.99 Å². The van der Waals surface area contributed by atoms with E-state index in [-0.39, 0.29) is 23.5 Å². The van der Waals surface area contributed by atoms with Crippen LogP contribution >= 0.6 is 11.8 Å². The van der Waals surface area contributed by atoms with Crippen LogP contribution in [0.5, 0.6) is 0 Å². The number of hydrogen-bond donors (Lipinski definition) is 1. The van der Waals surface area contributed by atoms with Crippen LogP contribution in [0.1, 0.15) is 10.4 Å². The summed E-state index contributed by atoms with van der Waals surface area (Å²) in [6, 6.07) is 3.22. The van der Waals surface area contributed by atoms with Gasteiger partial charge in [0.15, 0.2) is 5.17 Å². The van der Waals surface area contributed by atoms with Crippen molar-refractivity contribution in [3.05, 3.63) is 29.6 Å². The van der Waals surface area contributed by atoms with Gasteiger partial charge in [0.2, 0.25) is 10.0 Å². The molecule has 0 aromatic heterocycles. The summed E-state index contributed by atoms with van der Waals surface area (Å²) >= 11 is 1.36. The molecule has 0 atom stereocenters. The molecule has 24 heavy (non-hydrogen) atoms. The van der Waals surface area contributed by atoms with Crippen LogP contribution in [0.25, 0.3) is 0 Å². The summed E-state index contributed by atoms with van der Waals surface area (Å²) in [4.78, 5) is 16.1. The average Bonchev–Trinajstić information content (AvgIpc) is 3.08. The van der Waals surface area contributed by atoms with E-state index in [9.17, 15) is 17.6 Å². The molecule has 0 spiro atoms. The Labute approximate surface area is 143 Å². The zero-order chi connectivity index (χ0) is 17.2. The molecule has 1 aromatic carbocycles. The number of amides is 1. The summed E-state index contributed by atoms with van der Waals surface area (Å²) in [7, 11) is -3.79. The van der Waals surface area contributed by atoms with Crippen LogP contribution in [0, 0.1) is 5.82 Å². The summed E-state index contributed by atoms with van der Waals surface area (Å²) in [5.41, 5.74) is -0.320. The number of nitrogens with one attached hydrogen (secondary N) is 1. The lowest BCUT2D eigenvalue weighted by molar-refractivity contribution is 0.0730. The van der Waals surface area contributed by atoms with E-state index in [0.29, 0.717) is 24.9 Å². The molecule has 0 bridgehead atoms. The standard InChI is InChI=1S/C14H16FN3O4S2/c15-12-2-1-10(24(20,21)18-4-6-22-7-5-18)9-11(12)13(19)17-14-16-3-8-23-14/h1-2,9H,3-8H2,(H,16,17,19). The van der Waals surface area contributed by atoms with Gasteiger partial charge in [0.05, 0.1) is 30.2 Å². The van der Waals surface area contributed by atoms with Crippen molar-refractivity contribution in [3.8, 4) is 0 Å². The maximum absolute atomic E-state index is 14.0. The zero-order valence-corrected chi connectivity index (χ0v) is 14.3. The van der Waals surface area contributed by atoms with Crippen molar-refractivity contribution in [3.63, 3.8) is 0 Å². The molecule has 1 saturated heterocycles. The van der Waals surface area contributed by atoms with Gasteiger partial charge in [-0.15, -0.1) is 0 Å². The smallest absolute Gasteiger partial charge is 0.260 e. The number of halogens is 1. The first kappa shape index (κ1) is 17.3. The molecule has 0 saturated carbocycles. The number of thioether (sulfide) groups is 1. The third kappa shape index (κ3) is 3.61. The fourth-order valence-corrected chi connectivity index (χ4v) is 4.51. The minimum absolute atomic E-state index is 0.114. The van der Waals surface area contributed by atoms with E-state index >= 15 is 0 Å². The quantitative estimate of drug-likeness (QED) is 0.842. The monoisotopic (exact) mass is 373 g/mol. The van der Waals surface area contributed by atoms with Gasteiger partial charge < -0.3 is 10.1 Å². The third-order valence-corrected chi connectivity index (χ3v) is 6.38. The minimum atomic E-state index is -3.79. The molecular formula is C14H16FN3O4S2. The van der Waals surface area contributed by atoms with Gasteiger partial charge in [-0.2, -0.15) is 4.31 Å². The summed E-state index contributed by atoms with van der Waals surface area (Å²) < 4.78 is 45.6. The number of carbonyl (C=O) groups excluding carboxylic acids is 1. The highest BCUT2D eigenvalue weighted by atomic mass is 32.2. The number of nitrogens with zero attached hydrogens (tertiary/aromatic N) is 2. The lowest BCUT2D eigenvalue weighted by Crippen LogP contribution is -2.40. The molecule has 2 heterocycles. The topological polar surface area (TPSA) is 88.1 Å². The van der Waals surface area contributed by atoms with Crippen LogP contribution in [-0.2, 0) is 14.8 Å². The van der Waals surface area contributed by atoms with Crippen molar-refractivity contribution >= 4 is 32.9 Å². The molecule has 0 radical (unpaired) electrons. The summed E-state index contributed by atoms with van der Waals surface area (Å²) in [6.45, 7) is 1.67. The zero-order valence-electron chi connectivity index (χ0n) is 12.7. The molecule has 1 N–H and O–H groups in total. The van der Waals surface area contributed by atoms with Gasteiger partial charge in [-0.1, -0.05) is 11.8 Å². The van der Waals surface area contributed by atoms with Gasteiger partial charge in [0.1, 0.15) is 5.82 Å². The molecule has 130 valence electrons. The van der Waals surface area contributed by atoms with E-state index in [1.807, 2.05) is 0 Å². The second-order valence-corrected chi connectivity index (χ2v) is 8.17. The maximum Gasteiger partial charge on any atom is 0.260 e. The number of ether oxygens (including phenoxy) is 1. The third-order valence-electron chi connectivity index (χ3n) is 3.60. The number of amidine groups is 1. The Bertz CT molecular complexity index is 776. The second kappa shape index (κ2) is 7.18. The number of aliphatic imine (C=N–C) groups is 1. The summed E-state index contributed by atoms with van der Waals surface area (Å²) in [5.74, 6) is -0.736. The fourth-order valence-electron chi connectivity index (χ4n) is 2.35. The van der Waals surface area contributed by atoms with Crippen molar-refractivity contribution in [2.45, 2.75) is 4.90 Å². The van der Waals surface area contributed by atoms with E-state index < -0.39 is 21.7 Å². The Morgan fingerprint density at radius 2 is 2.08 bits per heavy atom. The van der Waals surface area contributed by atoms with Crippen LogP contribution in [0.4, 0.5) is 4.39 Å². The average molecular weight is 373 g/mol. The van der Waals surface area contributed by atoms with Crippen LogP contribution in [0.3, 0.4) is 0 Å². The predicted molar refractivity (Wildman–Crippen MR) is 88.2 cm³/mol. The predicted octanol–water partition coefficient (Wildman–Crippen LogP) is 0.679. The number of carbonyl (C=O) groups is 1. The Morgan fingerprint density at radius 3 is 2.75 bits per heavy atom. The molecule has 1 amide bonds. The Hall–Kier alpha value is -1.49. The second-order valence-electron chi connectivity index (χ2n) is 5.15. The molecular weight excluding hydrogens is 357 g/mol. The number of rotatable bonds is 3. The molecule has 3 rings (SSSR count). The van der Waals surface area contributed by atoms with Gasteiger partial charge in [-0.25, -0.2) is 12.8 Å². The van der Waals surface area contributed by atoms with Crippen molar-refractivity contribution < 1.29 is 22.3 Å². The summed E-state index contributed by atoms with van der Waals surface area (Å²) in [6.07, 6.45) is 0.